The number of allylic oxidation sites excluding steroid dienone is 2. The zero-order chi connectivity index (χ0) is 29.6. The molecular weight excluding hydrogens is 597 g/mol. The molecule has 11 nitrogen and oxygen atoms in total. The van der Waals surface area contributed by atoms with Crippen LogP contribution in [0.25, 0.3) is 10.2 Å². The highest BCUT2D eigenvalue weighted by Crippen LogP contribution is 2.40. The smallest absolute Gasteiger partial charge is 0.352 e. The average Bonchev–Trinajstić information content (AvgIpc) is 3.42. The molecule has 3 aromatic rings. The molecule has 14 heteroatoms. The molecule has 0 saturated carbocycles. The molecule has 0 bridgehead atoms. The summed E-state index contributed by atoms with van der Waals surface area (Å²) < 4.78 is 3.65. The molecule has 5 rings (SSSR count). The van der Waals surface area contributed by atoms with Crippen LogP contribution in [0.5, 0.6) is 0 Å². The van der Waals surface area contributed by atoms with Crippen LogP contribution in [0.3, 0.4) is 0 Å². The summed E-state index contributed by atoms with van der Waals surface area (Å²) in [6.07, 6.45) is 7.76. The number of aromatic nitrogens is 2. The van der Waals surface area contributed by atoms with Gasteiger partial charge < -0.3 is 21.5 Å². The van der Waals surface area contributed by atoms with Crippen LogP contribution in [0, 0.1) is 0 Å². The number of para-hydroxylation sites is 1. The summed E-state index contributed by atoms with van der Waals surface area (Å²) >= 11 is 4.22. The van der Waals surface area contributed by atoms with Crippen LogP contribution >= 0.6 is 34.9 Å². The predicted octanol–water partition coefficient (Wildman–Crippen LogP) is 1.75. The van der Waals surface area contributed by atoms with Crippen molar-refractivity contribution in [1.29, 1.82) is 0 Å². The Bertz CT molecular complexity index is 1540. The van der Waals surface area contributed by atoms with E-state index in [1.54, 1.807) is 30.6 Å². The normalized spacial score (nSPS) is 18.2. The van der Waals surface area contributed by atoms with E-state index in [1.165, 1.54) is 39.8 Å². The van der Waals surface area contributed by atoms with Crippen molar-refractivity contribution in [2.45, 2.75) is 28.7 Å². The van der Waals surface area contributed by atoms with Gasteiger partial charge >= 0.3 is 5.97 Å². The third-order valence-corrected chi connectivity index (χ3v) is 10.1. The van der Waals surface area contributed by atoms with Gasteiger partial charge in [-0.2, -0.15) is 0 Å². The molecule has 42 heavy (non-hydrogen) atoms. The zero-order valence-electron chi connectivity index (χ0n) is 22.4. The minimum atomic E-state index is -1.19. The Morgan fingerprint density at radius 3 is 2.74 bits per heavy atom. The molecule has 0 radical (unpaired) electrons. The Labute approximate surface area is 254 Å². The summed E-state index contributed by atoms with van der Waals surface area (Å²) in [4.78, 5) is 55.6. The second-order valence-electron chi connectivity index (χ2n) is 9.45. The molecular formula is C28H29N6O5S3+. The lowest BCUT2D eigenvalue weighted by Crippen LogP contribution is -2.70. The van der Waals surface area contributed by atoms with Crippen molar-refractivity contribution in [3.05, 3.63) is 77.8 Å². The predicted molar refractivity (Wildman–Crippen MR) is 162 cm³/mol. The van der Waals surface area contributed by atoms with Gasteiger partial charge in [0.1, 0.15) is 17.1 Å². The number of β-lactam (4-membered cyclic amide) rings is 1. The lowest BCUT2D eigenvalue weighted by molar-refractivity contribution is -0.687. The third kappa shape index (κ3) is 6.67. The van der Waals surface area contributed by atoms with E-state index in [9.17, 15) is 24.3 Å². The number of fused-ring (bicyclic) bond motifs is 2. The van der Waals surface area contributed by atoms with Crippen LogP contribution in [0.4, 0.5) is 0 Å². The first-order valence-corrected chi connectivity index (χ1v) is 16.0. The molecule has 0 unspecified atom stereocenters. The summed E-state index contributed by atoms with van der Waals surface area (Å²) in [5.74, 6) is -1.62. The number of thiazole rings is 1. The van der Waals surface area contributed by atoms with Crippen LogP contribution in [0.15, 0.2) is 76.6 Å². The van der Waals surface area contributed by atoms with Gasteiger partial charge in [-0.15, -0.1) is 23.1 Å². The number of benzene rings is 1. The number of rotatable bonds is 12. The first kappa shape index (κ1) is 29.8. The maximum atomic E-state index is 13.0. The lowest BCUT2D eigenvalue weighted by atomic mass is 10.0. The lowest BCUT2D eigenvalue weighted by Gasteiger charge is -2.49. The number of hydrogen-bond donors (Lipinski definition) is 4. The maximum absolute atomic E-state index is 13.0. The molecule has 5 N–H and O–H groups in total. The summed E-state index contributed by atoms with van der Waals surface area (Å²) in [5.41, 5.74) is 7.31. The molecule has 3 amide bonds. The van der Waals surface area contributed by atoms with Gasteiger partial charge in [0.25, 0.3) is 11.8 Å². The highest BCUT2D eigenvalue weighted by atomic mass is 32.2. The van der Waals surface area contributed by atoms with Gasteiger partial charge in [0.15, 0.2) is 23.3 Å². The number of carbonyl (C=O) groups is 4. The fourth-order valence-corrected chi connectivity index (χ4v) is 7.68. The molecule has 218 valence electrons. The van der Waals surface area contributed by atoms with Gasteiger partial charge in [-0.05, 0) is 36.7 Å². The quantitative estimate of drug-likeness (QED) is 0.102. The molecule has 4 heterocycles. The van der Waals surface area contributed by atoms with E-state index in [4.69, 9.17) is 5.73 Å². The van der Waals surface area contributed by atoms with Crippen LogP contribution in [0.1, 0.15) is 16.8 Å². The number of aliphatic carboxylic acids is 1. The molecule has 2 aromatic heterocycles. The zero-order valence-corrected chi connectivity index (χ0v) is 24.8. The van der Waals surface area contributed by atoms with Gasteiger partial charge in [-0.3, -0.25) is 19.3 Å². The topological polar surface area (TPSA) is 159 Å². The van der Waals surface area contributed by atoms with Crippen molar-refractivity contribution in [2.24, 2.45) is 5.73 Å². The van der Waals surface area contributed by atoms with Crippen molar-refractivity contribution in [3.63, 3.8) is 0 Å². The standard InChI is InChI=1S/C28H28N6O5S3/c29-10-4-11-30-24(36)17-8-13-33(14-9-17)12-3-5-18-15-40-26-22(25(37)34(26)23(18)27(38)39)32-21(35)16-41-28-31-19-6-1-2-7-20(19)42-28/h1-3,5-9,13-14,22,26H,4,10-12,15-16,29H2,(H2-,30,32,35,36,38,39)/p+1/b5-3+/t22-,26-/m1/s1. The van der Waals surface area contributed by atoms with E-state index >= 15 is 0 Å². The molecule has 0 aliphatic carbocycles. The number of pyridine rings is 1. The van der Waals surface area contributed by atoms with Crippen LogP contribution < -0.4 is 20.9 Å². The summed E-state index contributed by atoms with van der Waals surface area (Å²) in [7, 11) is 0. The first-order chi connectivity index (χ1) is 20.4. The van der Waals surface area contributed by atoms with Crippen LogP contribution in [-0.2, 0) is 20.9 Å². The Hall–Kier alpha value is -3.72. The largest absolute Gasteiger partial charge is 0.477 e. The average molecular weight is 626 g/mol. The second kappa shape index (κ2) is 13.5. The van der Waals surface area contributed by atoms with Gasteiger partial charge in [0.05, 0.1) is 21.5 Å². The highest BCUT2D eigenvalue weighted by Gasteiger charge is 2.53. The fourth-order valence-electron chi connectivity index (χ4n) is 4.48. The van der Waals surface area contributed by atoms with E-state index < -0.39 is 23.3 Å². The summed E-state index contributed by atoms with van der Waals surface area (Å²) in [6, 6.07) is 10.4. The minimum absolute atomic E-state index is 0.0659. The van der Waals surface area contributed by atoms with Gasteiger partial charge in [-0.25, -0.2) is 14.3 Å². The minimum Gasteiger partial charge on any atom is -0.477 e. The van der Waals surface area contributed by atoms with Crippen LogP contribution in [0.2, 0.25) is 0 Å². The van der Waals surface area contributed by atoms with E-state index in [0.717, 1.165) is 14.6 Å². The first-order valence-electron chi connectivity index (χ1n) is 13.2. The van der Waals surface area contributed by atoms with Crippen LogP contribution in [-0.4, -0.2) is 74.7 Å². The van der Waals surface area contributed by atoms with Crippen molar-refractivity contribution in [1.82, 2.24) is 20.5 Å². The third-order valence-electron chi connectivity index (χ3n) is 6.57. The Morgan fingerprint density at radius 1 is 1.21 bits per heavy atom. The SMILES string of the molecule is NCCCNC(=O)c1cc[n+](C/C=C/C2=C(C(=O)O)N3C(=O)[C@@H](NC(=O)CSc4nc5ccccc5s4)[C@H]3SC2)cc1. The molecule has 2 atom stereocenters. The van der Waals surface area contributed by atoms with Gasteiger partial charge in [0, 0.05) is 24.4 Å². The second-order valence-corrected chi connectivity index (χ2v) is 12.8. The van der Waals surface area contributed by atoms with Crippen molar-refractivity contribution >= 4 is 68.8 Å². The highest BCUT2D eigenvalue weighted by molar-refractivity contribution is 8.01. The molecule has 2 aliphatic heterocycles. The number of carboxylic acids is 1. The van der Waals surface area contributed by atoms with E-state index in [2.05, 4.69) is 15.6 Å². The summed E-state index contributed by atoms with van der Waals surface area (Å²) in [6.45, 7) is 1.47. The van der Waals surface area contributed by atoms with E-state index in [-0.39, 0.29) is 23.3 Å². The number of nitrogens with one attached hydrogen (secondary N) is 2. The fraction of sp³-hybridized carbons (Fsp3) is 0.286. The number of hydrogen-bond acceptors (Lipinski definition) is 9. The van der Waals surface area contributed by atoms with E-state index in [0.29, 0.717) is 42.9 Å². The Kier molecular flexibility index (Phi) is 9.57. The maximum Gasteiger partial charge on any atom is 0.352 e. The molecule has 0 spiro atoms. The number of carboxylic acid groups (broad SMARTS) is 1. The van der Waals surface area contributed by atoms with Crippen molar-refractivity contribution in [3.8, 4) is 0 Å². The number of nitrogens with zero attached hydrogens (tertiary/aromatic N) is 3. The van der Waals surface area contributed by atoms with Gasteiger partial charge in [0.2, 0.25) is 5.91 Å². The van der Waals surface area contributed by atoms with Crippen molar-refractivity contribution in [2.75, 3.05) is 24.6 Å². The Morgan fingerprint density at radius 2 is 2.00 bits per heavy atom. The molecule has 1 saturated heterocycles. The summed E-state index contributed by atoms with van der Waals surface area (Å²) in [5, 5.41) is 15.0. The molecule has 2 aliphatic rings. The number of amides is 3. The number of nitrogens with two attached hydrogens (primary N) is 1. The molecule has 1 aromatic carbocycles. The van der Waals surface area contributed by atoms with Gasteiger partial charge in [-0.1, -0.05) is 30.0 Å². The van der Waals surface area contributed by atoms with Crippen molar-refractivity contribution < 1.29 is 28.9 Å². The Balaban J connectivity index is 1.16. The number of thioether (sulfide) groups is 2. The molecule has 1 fully saturated rings. The monoisotopic (exact) mass is 625 g/mol. The van der Waals surface area contributed by atoms with E-state index in [1.807, 2.05) is 34.9 Å². The number of carbonyl (C=O) groups excluding carboxylic acids is 3.